The lowest BCUT2D eigenvalue weighted by Gasteiger charge is -2.08. The zero-order chi connectivity index (χ0) is 13.0. The van der Waals surface area contributed by atoms with Gasteiger partial charge in [-0.25, -0.2) is 4.98 Å². The maximum absolute atomic E-state index is 12.0. The Labute approximate surface area is 111 Å². The molecule has 0 unspecified atom stereocenters. The van der Waals surface area contributed by atoms with Gasteiger partial charge in [0.15, 0.2) is 0 Å². The quantitative estimate of drug-likeness (QED) is 0.918. The minimum atomic E-state index is -2.81. The zero-order valence-corrected chi connectivity index (χ0v) is 10.7. The molecule has 18 heavy (non-hydrogen) atoms. The van der Waals surface area contributed by atoms with E-state index in [1.165, 1.54) is 12.1 Å². The fourth-order valence-corrected chi connectivity index (χ4v) is 1.69. The van der Waals surface area contributed by atoms with E-state index < -0.39 is 6.61 Å². The summed E-state index contributed by atoms with van der Waals surface area (Å²) in [5.41, 5.74) is 0.732. The van der Waals surface area contributed by atoms with Crippen molar-refractivity contribution in [2.75, 3.05) is 5.32 Å². The topological polar surface area (TPSA) is 34.1 Å². The van der Waals surface area contributed by atoms with E-state index in [0.717, 1.165) is 10.2 Å². The standard InChI is InChI=1S/C12H9BrF2N2O/c13-10-2-1-7-16-11(10)17-8-3-5-9(6-4-8)18-12(14)15/h1-7,12H,(H,16,17). The number of nitrogens with one attached hydrogen (secondary N) is 1. The number of ether oxygens (including phenoxy) is 1. The van der Waals surface area contributed by atoms with Gasteiger partial charge in [-0.15, -0.1) is 0 Å². The van der Waals surface area contributed by atoms with Crippen LogP contribution in [0.5, 0.6) is 5.75 Å². The zero-order valence-electron chi connectivity index (χ0n) is 9.11. The molecule has 0 atom stereocenters. The first-order valence-corrected chi connectivity index (χ1v) is 5.87. The van der Waals surface area contributed by atoms with Gasteiger partial charge in [0.2, 0.25) is 0 Å². The molecule has 0 bridgehead atoms. The highest BCUT2D eigenvalue weighted by Gasteiger charge is 2.04. The Balaban J connectivity index is 2.09. The third-order valence-corrected chi connectivity index (χ3v) is 2.74. The van der Waals surface area contributed by atoms with Gasteiger partial charge in [-0.3, -0.25) is 0 Å². The lowest BCUT2D eigenvalue weighted by atomic mass is 10.3. The molecule has 0 saturated heterocycles. The van der Waals surface area contributed by atoms with Crippen LogP contribution >= 0.6 is 15.9 Å². The first-order chi connectivity index (χ1) is 8.65. The summed E-state index contributed by atoms with van der Waals surface area (Å²) in [6, 6.07) is 9.85. The molecule has 0 amide bonds. The molecular weight excluding hydrogens is 306 g/mol. The summed E-state index contributed by atoms with van der Waals surface area (Å²) in [6.07, 6.45) is 1.65. The fraction of sp³-hybridized carbons (Fsp3) is 0.0833. The Kier molecular flexibility index (Phi) is 4.09. The van der Waals surface area contributed by atoms with Crippen LogP contribution in [0.1, 0.15) is 0 Å². The average molecular weight is 315 g/mol. The van der Waals surface area contributed by atoms with E-state index in [1.54, 1.807) is 24.4 Å². The Bertz CT molecular complexity index is 520. The van der Waals surface area contributed by atoms with Crippen molar-refractivity contribution in [1.29, 1.82) is 0 Å². The summed E-state index contributed by atoms with van der Waals surface area (Å²) in [7, 11) is 0. The second-order valence-corrected chi connectivity index (χ2v) is 4.22. The maximum Gasteiger partial charge on any atom is 0.387 e. The molecule has 2 aromatic rings. The molecule has 0 radical (unpaired) electrons. The van der Waals surface area contributed by atoms with Crippen LogP contribution in [-0.2, 0) is 0 Å². The highest BCUT2D eigenvalue weighted by molar-refractivity contribution is 9.10. The van der Waals surface area contributed by atoms with Crippen molar-refractivity contribution in [3.63, 3.8) is 0 Å². The second kappa shape index (κ2) is 5.77. The summed E-state index contributed by atoms with van der Waals surface area (Å²) in [4.78, 5) is 4.14. The van der Waals surface area contributed by atoms with Crippen LogP contribution in [0, 0.1) is 0 Å². The number of hydrogen-bond acceptors (Lipinski definition) is 3. The summed E-state index contributed by atoms with van der Waals surface area (Å²) in [6.45, 7) is -2.81. The second-order valence-electron chi connectivity index (χ2n) is 3.36. The van der Waals surface area contributed by atoms with Crippen LogP contribution in [0.4, 0.5) is 20.3 Å². The van der Waals surface area contributed by atoms with Crippen molar-refractivity contribution in [3.05, 3.63) is 47.1 Å². The number of benzene rings is 1. The lowest BCUT2D eigenvalue weighted by Crippen LogP contribution is -2.01. The predicted molar refractivity (Wildman–Crippen MR) is 68.3 cm³/mol. The van der Waals surface area contributed by atoms with Gasteiger partial charge in [-0.1, -0.05) is 0 Å². The molecule has 0 aliphatic heterocycles. The van der Waals surface area contributed by atoms with Crippen LogP contribution < -0.4 is 10.1 Å². The monoisotopic (exact) mass is 314 g/mol. The average Bonchev–Trinajstić information content (AvgIpc) is 2.34. The molecule has 0 saturated carbocycles. The van der Waals surface area contributed by atoms with E-state index in [-0.39, 0.29) is 5.75 Å². The first kappa shape index (κ1) is 12.8. The molecule has 1 aromatic carbocycles. The SMILES string of the molecule is FC(F)Oc1ccc(Nc2ncccc2Br)cc1. The Morgan fingerprint density at radius 3 is 2.50 bits per heavy atom. The van der Waals surface area contributed by atoms with E-state index >= 15 is 0 Å². The number of halogens is 3. The number of anilines is 2. The Morgan fingerprint density at radius 2 is 1.89 bits per heavy atom. The van der Waals surface area contributed by atoms with Crippen LogP contribution in [0.3, 0.4) is 0 Å². The Hall–Kier alpha value is -1.69. The smallest absolute Gasteiger partial charge is 0.387 e. The van der Waals surface area contributed by atoms with E-state index in [0.29, 0.717) is 5.82 Å². The van der Waals surface area contributed by atoms with Gasteiger partial charge in [-0.2, -0.15) is 8.78 Å². The van der Waals surface area contributed by atoms with Crippen molar-refractivity contribution >= 4 is 27.4 Å². The summed E-state index contributed by atoms with van der Waals surface area (Å²) in [5, 5.41) is 3.05. The molecule has 94 valence electrons. The minimum absolute atomic E-state index is 0.121. The van der Waals surface area contributed by atoms with E-state index in [9.17, 15) is 8.78 Å². The van der Waals surface area contributed by atoms with Gasteiger partial charge in [0.25, 0.3) is 0 Å². The Morgan fingerprint density at radius 1 is 1.17 bits per heavy atom. The third-order valence-electron chi connectivity index (χ3n) is 2.10. The number of hydrogen-bond donors (Lipinski definition) is 1. The van der Waals surface area contributed by atoms with Crippen molar-refractivity contribution in [2.45, 2.75) is 6.61 Å². The van der Waals surface area contributed by atoms with Crippen molar-refractivity contribution < 1.29 is 13.5 Å². The normalized spacial score (nSPS) is 10.4. The number of alkyl halides is 2. The predicted octanol–water partition coefficient (Wildman–Crippen LogP) is 4.19. The molecule has 0 fully saturated rings. The molecule has 1 aromatic heterocycles. The summed E-state index contributed by atoms with van der Waals surface area (Å²) >= 11 is 3.35. The number of nitrogens with zero attached hydrogens (tertiary/aromatic N) is 1. The van der Waals surface area contributed by atoms with Gasteiger partial charge in [-0.05, 0) is 52.3 Å². The van der Waals surface area contributed by atoms with E-state index in [2.05, 4.69) is 31.0 Å². The highest BCUT2D eigenvalue weighted by Crippen LogP contribution is 2.24. The van der Waals surface area contributed by atoms with Crippen molar-refractivity contribution in [3.8, 4) is 5.75 Å². The summed E-state index contributed by atoms with van der Waals surface area (Å²) < 4.78 is 29.0. The largest absolute Gasteiger partial charge is 0.435 e. The molecular formula is C12H9BrF2N2O. The minimum Gasteiger partial charge on any atom is -0.435 e. The van der Waals surface area contributed by atoms with Crippen LogP contribution in [0.15, 0.2) is 47.1 Å². The van der Waals surface area contributed by atoms with E-state index in [1.807, 2.05) is 6.07 Å². The van der Waals surface area contributed by atoms with Crippen LogP contribution in [0.2, 0.25) is 0 Å². The molecule has 2 rings (SSSR count). The molecule has 0 spiro atoms. The molecule has 0 aliphatic rings. The van der Waals surface area contributed by atoms with Gasteiger partial charge in [0, 0.05) is 11.9 Å². The molecule has 1 heterocycles. The number of pyridine rings is 1. The van der Waals surface area contributed by atoms with Crippen molar-refractivity contribution in [1.82, 2.24) is 4.98 Å². The molecule has 6 heteroatoms. The molecule has 1 N–H and O–H groups in total. The van der Waals surface area contributed by atoms with Gasteiger partial charge >= 0.3 is 6.61 Å². The fourth-order valence-electron chi connectivity index (χ4n) is 1.33. The third kappa shape index (κ3) is 3.40. The van der Waals surface area contributed by atoms with E-state index in [4.69, 9.17) is 0 Å². The molecule has 3 nitrogen and oxygen atoms in total. The maximum atomic E-state index is 12.0. The number of rotatable bonds is 4. The van der Waals surface area contributed by atoms with Gasteiger partial charge in [0.1, 0.15) is 11.6 Å². The summed E-state index contributed by atoms with van der Waals surface area (Å²) in [5.74, 6) is 0.774. The van der Waals surface area contributed by atoms with Gasteiger partial charge < -0.3 is 10.1 Å². The lowest BCUT2D eigenvalue weighted by molar-refractivity contribution is -0.0498. The van der Waals surface area contributed by atoms with Gasteiger partial charge in [0.05, 0.1) is 4.47 Å². The van der Waals surface area contributed by atoms with Crippen LogP contribution in [-0.4, -0.2) is 11.6 Å². The first-order valence-electron chi connectivity index (χ1n) is 5.07. The van der Waals surface area contributed by atoms with Crippen molar-refractivity contribution in [2.24, 2.45) is 0 Å². The molecule has 0 aliphatic carbocycles. The van der Waals surface area contributed by atoms with Crippen LogP contribution in [0.25, 0.3) is 0 Å². The number of aromatic nitrogens is 1. The highest BCUT2D eigenvalue weighted by atomic mass is 79.9.